The second-order valence-corrected chi connectivity index (χ2v) is 7.38. The third kappa shape index (κ3) is 4.49. The van der Waals surface area contributed by atoms with Crippen LogP contribution in [-0.4, -0.2) is 47.7 Å². The number of hydrogen-bond acceptors (Lipinski definition) is 4. The van der Waals surface area contributed by atoms with E-state index in [1.807, 2.05) is 6.92 Å². The van der Waals surface area contributed by atoms with Crippen molar-refractivity contribution in [1.82, 2.24) is 10.2 Å². The highest BCUT2D eigenvalue weighted by molar-refractivity contribution is 6.01. The second-order valence-electron chi connectivity index (χ2n) is 7.38. The Morgan fingerprint density at radius 3 is 2.60 bits per heavy atom. The molecule has 0 atom stereocenters. The fourth-order valence-electron chi connectivity index (χ4n) is 3.36. The van der Waals surface area contributed by atoms with Crippen LogP contribution in [0.25, 0.3) is 0 Å². The molecule has 0 bridgehead atoms. The monoisotopic (exact) mass is 419 g/mol. The van der Waals surface area contributed by atoms with E-state index in [9.17, 15) is 23.1 Å². The van der Waals surface area contributed by atoms with Crippen LogP contribution in [0, 0.1) is 17.5 Å². The summed E-state index contributed by atoms with van der Waals surface area (Å²) in [5, 5.41) is 15.9. The molecule has 1 heterocycles. The minimum atomic E-state index is -1.27. The molecule has 2 aromatic carbocycles. The molecule has 1 fully saturated rings. The van der Waals surface area contributed by atoms with E-state index in [-0.39, 0.29) is 30.9 Å². The van der Waals surface area contributed by atoms with Gasteiger partial charge in [0.15, 0.2) is 11.6 Å². The van der Waals surface area contributed by atoms with Gasteiger partial charge in [0.05, 0.1) is 30.0 Å². The molecule has 1 aliphatic rings. The summed E-state index contributed by atoms with van der Waals surface area (Å²) in [6.45, 7) is 6.29. The summed E-state index contributed by atoms with van der Waals surface area (Å²) in [5.74, 6) is -3.66. The van der Waals surface area contributed by atoms with E-state index in [1.165, 1.54) is 17.0 Å². The van der Waals surface area contributed by atoms with Gasteiger partial charge in [-0.1, -0.05) is 19.1 Å². The number of rotatable bonds is 8. The number of β-amino-alcohol motifs (C(OH)–C–C–N with tert-alkyl or cyclic N) is 1. The maximum atomic E-state index is 14.5. The summed E-state index contributed by atoms with van der Waals surface area (Å²) < 4.78 is 42.7. The Bertz CT molecular complexity index is 959. The van der Waals surface area contributed by atoms with Crippen molar-refractivity contribution in [3.63, 3.8) is 0 Å². The summed E-state index contributed by atoms with van der Waals surface area (Å²) in [5.41, 5.74) is -1.01. The summed E-state index contributed by atoms with van der Waals surface area (Å²) in [7, 11) is 0. The van der Waals surface area contributed by atoms with Gasteiger partial charge in [0, 0.05) is 13.1 Å². The number of anilines is 2. The maximum absolute atomic E-state index is 14.5. The lowest BCUT2D eigenvalue weighted by Gasteiger charge is -2.46. The molecule has 0 radical (unpaired) electrons. The number of halogens is 3. The van der Waals surface area contributed by atoms with Crippen LogP contribution in [0.4, 0.5) is 24.5 Å². The van der Waals surface area contributed by atoms with Crippen LogP contribution in [0.1, 0.15) is 22.8 Å². The molecule has 30 heavy (non-hydrogen) atoms. The number of hydrogen-bond donors (Lipinski definition) is 3. The van der Waals surface area contributed by atoms with Crippen molar-refractivity contribution in [3.8, 4) is 0 Å². The van der Waals surface area contributed by atoms with Gasteiger partial charge in [-0.2, -0.15) is 0 Å². The standard InChI is InChI=1S/C22H24F3N3O2/c1-3-9-26-11-22(30)12-28(13-22)21(29)15-6-7-16(23)19(25)20(15)27-18-8-5-14(4-2)10-17(18)24/h3,5-8,10,26-27,30H,1,4,9,11-13H2,2H3. The number of aryl methyl sites for hydroxylation is 1. The lowest BCUT2D eigenvalue weighted by atomic mass is 9.92. The first-order valence-corrected chi connectivity index (χ1v) is 9.64. The predicted molar refractivity (Wildman–Crippen MR) is 109 cm³/mol. The normalized spacial score (nSPS) is 14.9. The van der Waals surface area contributed by atoms with E-state index in [2.05, 4.69) is 17.2 Å². The first-order chi connectivity index (χ1) is 14.3. The molecule has 160 valence electrons. The first kappa shape index (κ1) is 21.9. The average molecular weight is 419 g/mol. The zero-order valence-electron chi connectivity index (χ0n) is 16.6. The third-order valence-electron chi connectivity index (χ3n) is 5.03. The van der Waals surface area contributed by atoms with Gasteiger partial charge in [0.1, 0.15) is 11.4 Å². The van der Waals surface area contributed by atoms with Gasteiger partial charge in [0.25, 0.3) is 5.91 Å². The van der Waals surface area contributed by atoms with E-state index in [0.29, 0.717) is 13.0 Å². The van der Waals surface area contributed by atoms with Crippen LogP contribution in [0.2, 0.25) is 0 Å². The number of benzene rings is 2. The molecule has 0 aliphatic carbocycles. The SMILES string of the molecule is C=CCNCC1(O)CN(C(=O)c2ccc(F)c(F)c2Nc2ccc(CC)cc2F)C1. The zero-order valence-corrected chi connectivity index (χ0v) is 16.6. The number of nitrogens with one attached hydrogen (secondary N) is 2. The number of carbonyl (C=O) groups excluding carboxylic acids is 1. The summed E-state index contributed by atoms with van der Waals surface area (Å²) in [6.07, 6.45) is 2.27. The van der Waals surface area contributed by atoms with Crippen molar-refractivity contribution in [2.24, 2.45) is 0 Å². The van der Waals surface area contributed by atoms with Gasteiger partial charge < -0.3 is 20.6 Å². The second kappa shape index (κ2) is 8.89. The van der Waals surface area contributed by atoms with Gasteiger partial charge in [-0.25, -0.2) is 13.2 Å². The quantitative estimate of drug-likeness (QED) is 0.454. The van der Waals surface area contributed by atoms with Crippen molar-refractivity contribution in [2.75, 3.05) is 31.5 Å². The van der Waals surface area contributed by atoms with Crippen molar-refractivity contribution in [2.45, 2.75) is 18.9 Å². The van der Waals surface area contributed by atoms with Gasteiger partial charge in [-0.15, -0.1) is 6.58 Å². The minimum absolute atomic E-state index is 0.0357. The van der Waals surface area contributed by atoms with E-state index in [0.717, 1.165) is 17.7 Å². The molecule has 0 aromatic heterocycles. The number of aliphatic hydroxyl groups is 1. The largest absolute Gasteiger partial charge is 0.385 e. The Labute approximate surface area is 173 Å². The topological polar surface area (TPSA) is 64.6 Å². The maximum Gasteiger partial charge on any atom is 0.256 e. The van der Waals surface area contributed by atoms with Crippen LogP contribution in [0.3, 0.4) is 0 Å². The Morgan fingerprint density at radius 1 is 1.23 bits per heavy atom. The van der Waals surface area contributed by atoms with Crippen molar-refractivity contribution < 1.29 is 23.1 Å². The number of carbonyl (C=O) groups is 1. The Balaban J connectivity index is 1.82. The molecule has 1 amide bonds. The van der Waals surface area contributed by atoms with Crippen LogP contribution in [-0.2, 0) is 6.42 Å². The van der Waals surface area contributed by atoms with Crippen molar-refractivity contribution in [3.05, 3.63) is 71.6 Å². The molecule has 1 aliphatic heterocycles. The summed E-state index contributed by atoms with van der Waals surface area (Å²) >= 11 is 0. The first-order valence-electron chi connectivity index (χ1n) is 9.64. The molecule has 3 rings (SSSR count). The number of likely N-dealkylation sites (tertiary alicyclic amines) is 1. The number of nitrogens with zero attached hydrogens (tertiary/aromatic N) is 1. The van der Waals surface area contributed by atoms with Gasteiger partial charge in [-0.05, 0) is 36.2 Å². The third-order valence-corrected chi connectivity index (χ3v) is 5.03. The smallest absolute Gasteiger partial charge is 0.256 e. The Morgan fingerprint density at radius 2 is 1.97 bits per heavy atom. The lowest BCUT2D eigenvalue weighted by Crippen LogP contribution is -2.67. The van der Waals surface area contributed by atoms with Gasteiger partial charge in [0.2, 0.25) is 0 Å². The number of amides is 1. The highest BCUT2D eigenvalue weighted by Crippen LogP contribution is 2.31. The molecule has 0 spiro atoms. The molecular formula is C22H24F3N3O2. The van der Waals surface area contributed by atoms with Crippen LogP contribution in [0.15, 0.2) is 43.0 Å². The average Bonchev–Trinajstić information content (AvgIpc) is 2.70. The molecule has 5 nitrogen and oxygen atoms in total. The van der Waals surface area contributed by atoms with E-state index in [4.69, 9.17) is 0 Å². The molecule has 3 N–H and O–H groups in total. The van der Waals surface area contributed by atoms with Crippen LogP contribution >= 0.6 is 0 Å². The minimum Gasteiger partial charge on any atom is -0.385 e. The summed E-state index contributed by atoms with van der Waals surface area (Å²) in [4.78, 5) is 14.2. The fraction of sp³-hybridized carbons (Fsp3) is 0.318. The summed E-state index contributed by atoms with van der Waals surface area (Å²) in [6, 6.07) is 6.37. The molecule has 8 heteroatoms. The van der Waals surface area contributed by atoms with E-state index in [1.54, 1.807) is 12.1 Å². The Kier molecular flexibility index (Phi) is 6.48. The van der Waals surface area contributed by atoms with Crippen molar-refractivity contribution in [1.29, 1.82) is 0 Å². The molecule has 2 aromatic rings. The van der Waals surface area contributed by atoms with Crippen LogP contribution < -0.4 is 10.6 Å². The molecule has 0 unspecified atom stereocenters. The lowest BCUT2D eigenvalue weighted by molar-refractivity contribution is -0.0780. The highest BCUT2D eigenvalue weighted by Gasteiger charge is 2.44. The highest BCUT2D eigenvalue weighted by atomic mass is 19.2. The molecule has 1 saturated heterocycles. The zero-order chi connectivity index (χ0) is 21.9. The van der Waals surface area contributed by atoms with Gasteiger partial charge in [-0.3, -0.25) is 4.79 Å². The van der Waals surface area contributed by atoms with E-state index >= 15 is 0 Å². The van der Waals surface area contributed by atoms with Gasteiger partial charge >= 0.3 is 0 Å². The molecule has 0 saturated carbocycles. The van der Waals surface area contributed by atoms with Crippen molar-refractivity contribution >= 4 is 17.3 Å². The molecular weight excluding hydrogens is 395 g/mol. The van der Waals surface area contributed by atoms with E-state index < -0.39 is 34.6 Å². The predicted octanol–water partition coefficient (Wildman–Crippen LogP) is 3.37. The van der Waals surface area contributed by atoms with Crippen LogP contribution in [0.5, 0.6) is 0 Å². The fourth-order valence-corrected chi connectivity index (χ4v) is 3.36. The Hall–Kier alpha value is -2.84.